The van der Waals surface area contributed by atoms with Crippen molar-refractivity contribution in [1.29, 1.82) is 0 Å². The van der Waals surface area contributed by atoms with Crippen LogP contribution in [0.15, 0.2) is 53.0 Å². The molecule has 0 radical (unpaired) electrons. The minimum atomic E-state index is -0.0803. The van der Waals surface area contributed by atoms with Crippen molar-refractivity contribution in [2.24, 2.45) is 5.92 Å². The Morgan fingerprint density at radius 2 is 1.91 bits per heavy atom. The summed E-state index contributed by atoms with van der Waals surface area (Å²) in [6.07, 6.45) is 0. The van der Waals surface area contributed by atoms with Crippen molar-refractivity contribution in [3.8, 4) is 5.75 Å². The summed E-state index contributed by atoms with van der Waals surface area (Å²) in [6.45, 7) is 3.08. The molecule has 0 aliphatic carbocycles. The van der Waals surface area contributed by atoms with Gasteiger partial charge in [0.15, 0.2) is 0 Å². The van der Waals surface area contributed by atoms with Gasteiger partial charge in [-0.05, 0) is 29.8 Å². The van der Waals surface area contributed by atoms with Gasteiger partial charge in [-0.1, -0.05) is 40.2 Å². The predicted octanol–water partition coefficient (Wildman–Crippen LogP) is 2.98. The van der Waals surface area contributed by atoms with Gasteiger partial charge in [-0.25, -0.2) is 0 Å². The van der Waals surface area contributed by atoms with Crippen molar-refractivity contribution in [2.45, 2.75) is 6.61 Å². The van der Waals surface area contributed by atoms with Crippen LogP contribution in [0.1, 0.15) is 15.9 Å². The van der Waals surface area contributed by atoms with Crippen LogP contribution in [0.3, 0.4) is 0 Å². The molecule has 1 aliphatic heterocycles. The van der Waals surface area contributed by atoms with Gasteiger partial charge in [-0.3, -0.25) is 4.79 Å². The lowest BCUT2D eigenvalue weighted by Crippen LogP contribution is -2.48. The summed E-state index contributed by atoms with van der Waals surface area (Å²) in [4.78, 5) is 12.3. The van der Waals surface area contributed by atoms with Crippen LogP contribution >= 0.6 is 15.9 Å². The fraction of sp³-hybridized carbons (Fsp3) is 0.278. The molecule has 1 fully saturated rings. The highest BCUT2D eigenvalue weighted by Gasteiger charge is 2.19. The van der Waals surface area contributed by atoms with Crippen LogP contribution in [0.5, 0.6) is 5.75 Å². The molecule has 2 aromatic carbocycles. The minimum Gasteiger partial charge on any atom is -0.488 e. The van der Waals surface area contributed by atoms with Crippen molar-refractivity contribution in [3.05, 3.63) is 64.1 Å². The van der Waals surface area contributed by atoms with Crippen molar-refractivity contribution < 1.29 is 9.53 Å². The summed E-state index contributed by atoms with van der Waals surface area (Å²) in [5.41, 5.74) is 1.64. The highest BCUT2D eigenvalue weighted by atomic mass is 79.9. The van der Waals surface area contributed by atoms with Crippen LogP contribution in [-0.2, 0) is 6.61 Å². The van der Waals surface area contributed by atoms with E-state index < -0.39 is 0 Å². The van der Waals surface area contributed by atoms with Crippen LogP contribution in [-0.4, -0.2) is 25.5 Å². The van der Waals surface area contributed by atoms with Gasteiger partial charge in [0.1, 0.15) is 12.4 Å². The molecular weight excluding hydrogens is 356 g/mol. The van der Waals surface area contributed by atoms with E-state index in [2.05, 4.69) is 26.6 Å². The van der Waals surface area contributed by atoms with Crippen molar-refractivity contribution in [3.63, 3.8) is 0 Å². The average Bonchev–Trinajstić information content (AvgIpc) is 2.53. The van der Waals surface area contributed by atoms with Crippen molar-refractivity contribution >= 4 is 21.8 Å². The Balaban J connectivity index is 1.62. The summed E-state index contributed by atoms with van der Waals surface area (Å²) in [7, 11) is 0. The van der Waals surface area contributed by atoms with E-state index in [1.165, 1.54) is 0 Å². The summed E-state index contributed by atoms with van der Waals surface area (Å²) in [6, 6.07) is 15.3. The number of nitrogens with one attached hydrogen (secondary N) is 2. The van der Waals surface area contributed by atoms with E-state index in [1.54, 1.807) is 6.07 Å². The van der Waals surface area contributed by atoms with Crippen molar-refractivity contribution in [2.75, 3.05) is 19.6 Å². The molecule has 0 spiro atoms. The first-order chi connectivity index (χ1) is 11.2. The summed E-state index contributed by atoms with van der Waals surface area (Å²) < 4.78 is 6.88. The number of carbonyl (C=O) groups is 1. The molecule has 1 heterocycles. The number of para-hydroxylation sites is 1. The van der Waals surface area contributed by atoms with Crippen LogP contribution in [0.25, 0.3) is 0 Å². The molecule has 120 valence electrons. The maximum Gasteiger partial charge on any atom is 0.255 e. The molecule has 0 unspecified atom stereocenters. The second kappa shape index (κ2) is 7.62. The second-order valence-electron chi connectivity index (χ2n) is 5.65. The summed E-state index contributed by atoms with van der Waals surface area (Å²) in [5.74, 6) is 1.07. The van der Waals surface area contributed by atoms with Gasteiger partial charge in [-0.15, -0.1) is 0 Å². The summed E-state index contributed by atoms with van der Waals surface area (Å²) >= 11 is 3.41. The molecule has 0 atom stereocenters. The molecule has 4 nitrogen and oxygen atoms in total. The normalized spacial score (nSPS) is 14.1. The molecule has 3 rings (SSSR count). The third kappa shape index (κ3) is 4.33. The first-order valence-corrected chi connectivity index (χ1v) is 8.47. The Kier molecular flexibility index (Phi) is 5.31. The van der Waals surface area contributed by atoms with E-state index in [9.17, 15) is 4.79 Å². The molecule has 2 aromatic rings. The van der Waals surface area contributed by atoms with Crippen LogP contribution in [0, 0.1) is 5.92 Å². The maximum atomic E-state index is 12.3. The van der Waals surface area contributed by atoms with Gasteiger partial charge in [0.2, 0.25) is 0 Å². The van der Waals surface area contributed by atoms with E-state index in [4.69, 9.17) is 4.74 Å². The highest BCUT2D eigenvalue weighted by molar-refractivity contribution is 9.10. The van der Waals surface area contributed by atoms with Gasteiger partial charge in [0.25, 0.3) is 5.91 Å². The number of halogens is 1. The zero-order chi connectivity index (χ0) is 16.1. The maximum absolute atomic E-state index is 12.3. The van der Waals surface area contributed by atoms with Gasteiger partial charge in [-0.2, -0.15) is 0 Å². The molecule has 0 bridgehead atoms. The molecule has 1 amide bonds. The number of carbonyl (C=O) groups excluding carboxylic acids is 1. The Bertz CT molecular complexity index is 669. The van der Waals surface area contributed by atoms with Crippen LogP contribution < -0.4 is 15.4 Å². The van der Waals surface area contributed by atoms with E-state index in [0.717, 1.165) is 23.1 Å². The monoisotopic (exact) mass is 374 g/mol. The van der Waals surface area contributed by atoms with Gasteiger partial charge < -0.3 is 15.4 Å². The third-order valence-corrected chi connectivity index (χ3v) is 4.39. The average molecular weight is 375 g/mol. The molecule has 1 aliphatic rings. The first kappa shape index (κ1) is 16.0. The number of rotatable bonds is 6. The van der Waals surface area contributed by atoms with E-state index in [1.807, 2.05) is 42.5 Å². The highest BCUT2D eigenvalue weighted by Crippen LogP contribution is 2.20. The Hall–Kier alpha value is -1.85. The molecule has 2 N–H and O–H groups in total. The molecule has 0 aromatic heterocycles. The quantitative estimate of drug-likeness (QED) is 0.816. The SMILES string of the molecule is O=C(NCC1CNC1)c1ccccc1OCc1ccc(Br)cc1. The Morgan fingerprint density at radius 1 is 1.17 bits per heavy atom. The van der Waals surface area contributed by atoms with E-state index in [0.29, 0.717) is 30.4 Å². The number of ether oxygens (including phenoxy) is 1. The molecule has 1 saturated heterocycles. The van der Waals surface area contributed by atoms with Gasteiger partial charge in [0.05, 0.1) is 5.56 Å². The molecule has 0 saturated carbocycles. The number of hydrogen-bond acceptors (Lipinski definition) is 3. The number of benzene rings is 2. The standard InChI is InChI=1S/C18H19BrN2O2/c19-15-7-5-13(6-8-15)12-23-17-4-2-1-3-16(17)18(22)21-11-14-9-20-10-14/h1-8,14,20H,9-12H2,(H,21,22). The zero-order valence-electron chi connectivity index (χ0n) is 12.7. The predicted molar refractivity (Wildman–Crippen MR) is 93.6 cm³/mol. The molecular formula is C18H19BrN2O2. The Morgan fingerprint density at radius 3 is 2.61 bits per heavy atom. The zero-order valence-corrected chi connectivity index (χ0v) is 14.3. The number of amides is 1. The van der Waals surface area contributed by atoms with Gasteiger partial charge >= 0.3 is 0 Å². The largest absolute Gasteiger partial charge is 0.488 e. The third-order valence-electron chi connectivity index (χ3n) is 3.86. The van der Waals surface area contributed by atoms with E-state index in [-0.39, 0.29) is 5.91 Å². The smallest absolute Gasteiger partial charge is 0.255 e. The van der Waals surface area contributed by atoms with Crippen LogP contribution in [0.2, 0.25) is 0 Å². The Labute approximate surface area is 144 Å². The number of hydrogen-bond donors (Lipinski definition) is 2. The lowest BCUT2D eigenvalue weighted by Gasteiger charge is -2.27. The van der Waals surface area contributed by atoms with Crippen molar-refractivity contribution in [1.82, 2.24) is 10.6 Å². The first-order valence-electron chi connectivity index (χ1n) is 7.67. The second-order valence-corrected chi connectivity index (χ2v) is 6.56. The molecule has 23 heavy (non-hydrogen) atoms. The lowest BCUT2D eigenvalue weighted by molar-refractivity contribution is 0.0937. The van der Waals surface area contributed by atoms with Crippen LogP contribution in [0.4, 0.5) is 0 Å². The fourth-order valence-electron chi connectivity index (χ4n) is 2.35. The lowest BCUT2D eigenvalue weighted by atomic mass is 10.0. The minimum absolute atomic E-state index is 0.0803. The topological polar surface area (TPSA) is 50.4 Å². The fourth-order valence-corrected chi connectivity index (χ4v) is 2.61. The van der Waals surface area contributed by atoms with E-state index >= 15 is 0 Å². The summed E-state index contributed by atoms with van der Waals surface area (Å²) in [5, 5.41) is 6.18. The van der Waals surface area contributed by atoms with Gasteiger partial charge in [0, 0.05) is 30.0 Å². The molecule has 5 heteroatoms.